The highest BCUT2D eigenvalue weighted by molar-refractivity contribution is 5.68. The predicted molar refractivity (Wildman–Crippen MR) is 116 cm³/mol. The van der Waals surface area contributed by atoms with E-state index in [9.17, 15) is 19.8 Å². The SMILES string of the molecule is CC(O)CC1CN(C(=O)O)CCC1N(Cc1ccccc1)C(=O)OCc1ccccc1. The number of benzene rings is 2. The van der Waals surface area contributed by atoms with Crippen molar-refractivity contribution in [1.82, 2.24) is 9.80 Å². The van der Waals surface area contributed by atoms with Gasteiger partial charge in [0, 0.05) is 25.7 Å². The van der Waals surface area contributed by atoms with E-state index >= 15 is 0 Å². The Kier molecular flexibility index (Phi) is 7.89. The number of likely N-dealkylation sites (tertiary alicyclic amines) is 1. The van der Waals surface area contributed by atoms with E-state index in [1.54, 1.807) is 11.8 Å². The first kappa shape index (κ1) is 22.6. The molecular weight excluding hydrogens is 396 g/mol. The Labute approximate surface area is 182 Å². The molecule has 3 atom stereocenters. The number of nitrogens with zero attached hydrogens (tertiary/aromatic N) is 2. The molecular formula is C24H30N2O5. The predicted octanol–water partition coefficient (Wildman–Crippen LogP) is 3.96. The average Bonchev–Trinajstić information content (AvgIpc) is 2.77. The fraction of sp³-hybridized carbons (Fsp3) is 0.417. The summed E-state index contributed by atoms with van der Waals surface area (Å²) in [7, 11) is 0. The van der Waals surface area contributed by atoms with E-state index in [1.165, 1.54) is 4.90 Å². The van der Waals surface area contributed by atoms with Gasteiger partial charge in [0.05, 0.1) is 6.10 Å². The highest BCUT2D eigenvalue weighted by Gasteiger charge is 2.38. The topological polar surface area (TPSA) is 90.3 Å². The van der Waals surface area contributed by atoms with Crippen LogP contribution < -0.4 is 0 Å². The quantitative estimate of drug-likeness (QED) is 0.699. The van der Waals surface area contributed by atoms with Crippen molar-refractivity contribution in [3.8, 4) is 0 Å². The van der Waals surface area contributed by atoms with Gasteiger partial charge in [-0.05, 0) is 36.8 Å². The van der Waals surface area contributed by atoms with Crippen LogP contribution in [-0.2, 0) is 17.9 Å². The van der Waals surface area contributed by atoms with Crippen molar-refractivity contribution >= 4 is 12.2 Å². The molecule has 166 valence electrons. The van der Waals surface area contributed by atoms with Crippen LogP contribution in [0.15, 0.2) is 60.7 Å². The van der Waals surface area contributed by atoms with Gasteiger partial charge in [0.2, 0.25) is 0 Å². The molecule has 7 nitrogen and oxygen atoms in total. The summed E-state index contributed by atoms with van der Waals surface area (Å²) in [4.78, 5) is 27.7. The monoisotopic (exact) mass is 426 g/mol. The van der Waals surface area contributed by atoms with Gasteiger partial charge < -0.3 is 24.7 Å². The zero-order valence-corrected chi connectivity index (χ0v) is 17.8. The van der Waals surface area contributed by atoms with E-state index in [1.807, 2.05) is 60.7 Å². The van der Waals surface area contributed by atoms with Crippen LogP contribution in [0.4, 0.5) is 9.59 Å². The van der Waals surface area contributed by atoms with Crippen LogP contribution in [0.3, 0.4) is 0 Å². The molecule has 31 heavy (non-hydrogen) atoms. The maximum absolute atomic E-state index is 13.2. The van der Waals surface area contributed by atoms with Gasteiger partial charge >= 0.3 is 12.2 Å². The number of aliphatic hydroxyl groups is 1. The van der Waals surface area contributed by atoms with Crippen molar-refractivity contribution < 1.29 is 24.5 Å². The number of carbonyl (C=O) groups is 2. The summed E-state index contributed by atoms with van der Waals surface area (Å²) >= 11 is 0. The molecule has 0 spiro atoms. The Morgan fingerprint density at radius 3 is 2.29 bits per heavy atom. The van der Waals surface area contributed by atoms with Gasteiger partial charge in [-0.3, -0.25) is 0 Å². The van der Waals surface area contributed by atoms with Crippen LogP contribution in [-0.4, -0.2) is 57.4 Å². The molecule has 1 fully saturated rings. The molecule has 1 heterocycles. The number of hydrogen-bond donors (Lipinski definition) is 2. The second-order valence-electron chi connectivity index (χ2n) is 8.08. The van der Waals surface area contributed by atoms with Crippen LogP contribution in [0.5, 0.6) is 0 Å². The molecule has 2 amide bonds. The normalized spacial score (nSPS) is 19.5. The number of amides is 2. The van der Waals surface area contributed by atoms with Crippen LogP contribution in [0, 0.1) is 5.92 Å². The van der Waals surface area contributed by atoms with E-state index < -0.39 is 18.3 Å². The van der Waals surface area contributed by atoms with E-state index in [-0.39, 0.29) is 25.1 Å². The second kappa shape index (κ2) is 10.8. The molecule has 0 radical (unpaired) electrons. The van der Waals surface area contributed by atoms with Gasteiger partial charge in [-0.2, -0.15) is 0 Å². The fourth-order valence-electron chi connectivity index (χ4n) is 4.17. The van der Waals surface area contributed by atoms with E-state index in [2.05, 4.69) is 0 Å². The van der Waals surface area contributed by atoms with Crippen molar-refractivity contribution in [3.05, 3.63) is 71.8 Å². The molecule has 2 N–H and O–H groups in total. The lowest BCUT2D eigenvalue weighted by Crippen LogP contribution is -2.54. The third kappa shape index (κ3) is 6.46. The standard InChI is InChI=1S/C24H30N2O5/c1-18(27)14-21-16-25(23(28)29)13-12-22(21)26(15-19-8-4-2-5-9-19)24(30)31-17-20-10-6-3-7-11-20/h2-11,18,21-22,27H,12-17H2,1H3,(H,28,29). The molecule has 1 aliphatic heterocycles. The number of carbonyl (C=O) groups excluding carboxylic acids is 1. The minimum atomic E-state index is -0.977. The highest BCUT2D eigenvalue weighted by Crippen LogP contribution is 2.28. The molecule has 0 bridgehead atoms. The molecule has 2 aromatic carbocycles. The summed E-state index contributed by atoms with van der Waals surface area (Å²) in [6.07, 6.45) is -1.10. The zero-order valence-electron chi connectivity index (χ0n) is 17.8. The molecule has 3 unspecified atom stereocenters. The van der Waals surface area contributed by atoms with Crippen molar-refractivity contribution in [2.45, 2.75) is 45.1 Å². The number of rotatable bonds is 7. The Hall–Kier alpha value is -3.06. The van der Waals surface area contributed by atoms with Crippen LogP contribution in [0.25, 0.3) is 0 Å². The first-order valence-corrected chi connectivity index (χ1v) is 10.6. The summed E-state index contributed by atoms with van der Waals surface area (Å²) in [5, 5.41) is 19.4. The van der Waals surface area contributed by atoms with Gasteiger partial charge in [0.25, 0.3) is 0 Å². The third-order valence-corrected chi connectivity index (χ3v) is 5.64. The molecule has 0 aromatic heterocycles. The summed E-state index contributed by atoms with van der Waals surface area (Å²) < 4.78 is 5.64. The molecule has 2 aromatic rings. The third-order valence-electron chi connectivity index (χ3n) is 5.64. The maximum Gasteiger partial charge on any atom is 0.410 e. The Morgan fingerprint density at radius 1 is 1.10 bits per heavy atom. The van der Waals surface area contributed by atoms with Crippen molar-refractivity contribution in [2.75, 3.05) is 13.1 Å². The molecule has 7 heteroatoms. The number of carboxylic acid groups (broad SMARTS) is 1. The van der Waals surface area contributed by atoms with Crippen LogP contribution >= 0.6 is 0 Å². The van der Waals surface area contributed by atoms with E-state index in [4.69, 9.17) is 4.74 Å². The Balaban J connectivity index is 1.80. The minimum absolute atomic E-state index is 0.167. The van der Waals surface area contributed by atoms with Gasteiger partial charge in [0.15, 0.2) is 0 Å². The van der Waals surface area contributed by atoms with Gasteiger partial charge in [-0.15, -0.1) is 0 Å². The Morgan fingerprint density at radius 2 is 1.71 bits per heavy atom. The zero-order chi connectivity index (χ0) is 22.2. The van der Waals surface area contributed by atoms with E-state index in [0.29, 0.717) is 25.9 Å². The summed E-state index contributed by atoms with van der Waals surface area (Å²) in [5.74, 6) is -0.183. The second-order valence-corrected chi connectivity index (χ2v) is 8.08. The van der Waals surface area contributed by atoms with Gasteiger partial charge in [0.1, 0.15) is 6.61 Å². The summed E-state index contributed by atoms with van der Waals surface area (Å²) in [5.41, 5.74) is 1.87. The summed E-state index contributed by atoms with van der Waals surface area (Å²) in [6, 6.07) is 18.9. The van der Waals surface area contributed by atoms with Gasteiger partial charge in [-0.25, -0.2) is 9.59 Å². The number of piperidine rings is 1. The molecule has 0 saturated carbocycles. The number of aliphatic hydroxyl groups excluding tert-OH is 1. The largest absolute Gasteiger partial charge is 0.465 e. The van der Waals surface area contributed by atoms with Crippen LogP contribution in [0.1, 0.15) is 30.9 Å². The first-order valence-electron chi connectivity index (χ1n) is 10.6. The van der Waals surface area contributed by atoms with Crippen molar-refractivity contribution in [2.24, 2.45) is 5.92 Å². The smallest absolute Gasteiger partial charge is 0.410 e. The summed E-state index contributed by atoms with van der Waals surface area (Å²) in [6.45, 7) is 2.84. The molecule has 1 saturated heterocycles. The van der Waals surface area contributed by atoms with Crippen molar-refractivity contribution in [1.29, 1.82) is 0 Å². The Bertz CT molecular complexity index is 844. The lowest BCUT2D eigenvalue weighted by Gasteiger charge is -2.43. The fourth-order valence-corrected chi connectivity index (χ4v) is 4.17. The van der Waals surface area contributed by atoms with Gasteiger partial charge in [-0.1, -0.05) is 60.7 Å². The van der Waals surface area contributed by atoms with E-state index in [0.717, 1.165) is 11.1 Å². The van der Waals surface area contributed by atoms with Crippen LogP contribution in [0.2, 0.25) is 0 Å². The number of ether oxygens (including phenoxy) is 1. The first-order chi connectivity index (χ1) is 14.9. The van der Waals surface area contributed by atoms with Crippen molar-refractivity contribution in [3.63, 3.8) is 0 Å². The minimum Gasteiger partial charge on any atom is -0.465 e. The highest BCUT2D eigenvalue weighted by atomic mass is 16.6. The molecule has 1 aliphatic rings. The number of hydrogen-bond acceptors (Lipinski definition) is 4. The maximum atomic E-state index is 13.2. The molecule has 0 aliphatic carbocycles. The lowest BCUT2D eigenvalue weighted by atomic mass is 9.86. The molecule has 3 rings (SSSR count). The average molecular weight is 427 g/mol. The lowest BCUT2D eigenvalue weighted by molar-refractivity contribution is 0.0180.